The van der Waals surface area contributed by atoms with Crippen molar-refractivity contribution < 1.29 is 14.6 Å². The second-order valence-corrected chi connectivity index (χ2v) is 4.31. The molecule has 2 atom stereocenters. The van der Waals surface area contributed by atoms with Crippen molar-refractivity contribution in [1.29, 1.82) is 0 Å². The lowest BCUT2D eigenvalue weighted by Gasteiger charge is -2.17. The minimum atomic E-state index is -0.357. The molecule has 0 aliphatic carbocycles. The minimum absolute atomic E-state index is 0.196. The van der Waals surface area contributed by atoms with Gasteiger partial charge >= 0.3 is 5.97 Å². The van der Waals surface area contributed by atoms with E-state index in [2.05, 4.69) is 0 Å². The lowest BCUT2D eigenvalue weighted by molar-refractivity contribution is -0.148. The Bertz CT molecular complexity index is 409. The normalized spacial score (nSPS) is 14.9. The summed E-state index contributed by atoms with van der Waals surface area (Å²) in [6.07, 6.45) is 1.68. The van der Waals surface area contributed by atoms with E-state index in [-0.39, 0.29) is 23.6 Å². The number of carbonyl (C=O) groups excluding carboxylic acids is 1. The number of aliphatic hydroxyl groups excluding tert-OH is 1. The first-order chi connectivity index (χ1) is 8.56. The highest BCUT2D eigenvalue weighted by Crippen LogP contribution is 2.21. The number of allylic oxidation sites excluding steroid dienone is 1. The molecule has 3 nitrogen and oxygen atoms in total. The number of benzene rings is 1. The number of hydrogen-bond acceptors (Lipinski definition) is 3. The fraction of sp³-hybridized carbons (Fsp3) is 0.400. The van der Waals surface area contributed by atoms with Crippen LogP contribution in [0.15, 0.2) is 36.1 Å². The monoisotopic (exact) mass is 248 g/mol. The molecule has 0 spiro atoms. The van der Waals surface area contributed by atoms with Crippen LogP contribution in [0.1, 0.15) is 26.3 Å². The van der Waals surface area contributed by atoms with E-state index in [1.54, 1.807) is 19.9 Å². The first-order valence-electron chi connectivity index (χ1n) is 6.18. The van der Waals surface area contributed by atoms with E-state index in [1.807, 2.05) is 37.3 Å². The minimum Gasteiger partial charge on any atom is -0.512 e. The fourth-order valence-corrected chi connectivity index (χ4v) is 1.59. The number of hydrogen-bond donors (Lipinski definition) is 1. The van der Waals surface area contributed by atoms with Gasteiger partial charge in [0.25, 0.3) is 0 Å². The smallest absolute Gasteiger partial charge is 0.309 e. The second kappa shape index (κ2) is 6.84. The van der Waals surface area contributed by atoms with Crippen molar-refractivity contribution in [3.05, 3.63) is 41.7 Å². The summed E-state index contributed by atoms with van der Waals surface area (Å²) in [5, 5.41) is 10.0. The van der Waals surface area contributed by atoms with E-state index in [0.29, 0.717) is 6.61 Å². The third kappa shape index (κ3) is 3.91. The average molecular weight is 248 g/mol. The number of aliphatic hydroxyl groups is 1. The first kappa shape index (κ1) is 14.3. The van der Waals surface area contributed by atoms with Gasteiger partial charge in [-0.1, -0.05) is 44.2 Å². The van der Waals surface area contributed by atoms with Crippen LogP contribution in [0, 0.1) is 11.8 Å². The van der Waals surface area contributed by atoms with Gasteiger partial charge < -0.3 is 9.84 Å². The molecule has 2 unspecified atom stereocenters. The Labute approximate surface area is 108 Å². The maximum atomic E-state index is 11.6. The third-order valence-electron chi connectivity index (χ3n) is 2.99. The van der Waals surface area contributed by atoms with E-state index in [1.165, 1.54) is 0 Å². The Morgan fingerprint density at radius 3 is 2.44 bits per heavy atom. The molecular formula is C15H20O3. The van der Waals surface area contributed by atoms with Crippen LogP contribution >= 0.6 is 0 Å². The molecule has 3 heteroatoms. The van der Waals surface area contributed by atoms with Crippen molar-refractivity contribution in [2.75, 3.05) is 6.61 Å². The van der Waals surface area contributed by atoms with Gasteiger partial charge in [0.15, 0.2) is 0 Å². The SMILES string of the molecule is CCOC(=O)C(C)C(C)/C(O)=C/c1ccccc1. The van der Waals surface area contributed by atoms with Crippen LogP contribution in [-0.4, -0.2) is 17.7 Å². The lowest BCUT2D eigenvalue weighted by Crippen LogP contribution is -2.22. The molecule has 0 aliphatic rings. The lowest BCUT2D eigenvalue weighted by atomic mass is 9.93. The van der Waals surface area contributed by atoms with E-state index >= 15 is 0 Å². The molecule has 0 heterocycles. The first-order valence-corrected chi connectivity index (χ1v) is 6.18. The molecular weight excluding hydrogens is 228 g/mol. The molecule has 0 aliphatic heterocycles. The molecule has 0 saturated heterocycles. The van der Waals surface area contributed by atoms with Crippen LogP contribution in [0.4, 0.5) is 0 Å². The van der Waals surface area contributed by atoms with Crippen LogP contribution in [0.25, 0.3) is 6.08 Å². The van der Waals surface area contributed by atoms with Crippen LogP contribution in [0.2, 0.25) is 0 Å². The molecule has 0 saturated carbocycles. The summed E-state index contributed by atoms with van der Waals surface area (Å²) in [5.74, 6) is -0.700. The van der Waals surface area contributed by atoms with Crippen molar-refractivity contribution >= 4 is 12.0 Å². The predicted octanol–water partition coefficient (Wildman–Crippen LogP) is 3.42. The fourth-order valence-electron chi connectivity index (χ4n) is 1.59. The Balaban J connectivity index is 2.74. The van der Waals surface area contributed by atoms with Crippen LogP contribution in [0.3, 0.4) is 0 Å². The Morgan fingerprint density at radius 2 is 1.89 bits per heavy atom. The summed E-state index contributed by atoms with van der Waals surface area (Å²) in [6.45, 7) is 5.71. The van der Waals surface area contributed by atoms with Crippen LogP contribution < -0.4 is 0 Å². The number of esters is 1. The summed E-state index contributed by atoms with van der Waals surface area (Å²) >= 11 is 0. The molecule has 1 aromatic carbocycles. The van der Waals surface area contributed by atoms with Gasteiger partial charge in [-0.15, -0.1) is 0 Å². The molecule has 1 rings (SSSR count). The van der Waals surface area contributed by atoms with Gasteiger partial charge in [-0.05, 0) is 18.6 Å². The zero-order chi connectivity index (χ0) is 13.5. The molecule has 0 amide bonds. The van der Waals surface area contributed by atoms with E-state index in [9.17, 15) is 9.90 Å². The van der Waals surface area contributed by atoms with Crippen molar-refractivity contribution in [3.63, 3.8) is 0 Å². The standard InChI is InChI=1S/C15H20O3/c1-4-18-15(17)12(3)11(2)14(16)10-13-8-6-5-7-9-13/h5-12,16H,4H2,1-3H3/b14-10-. The van der Waals surface area contributed by atoms with Gasteiger partial charge in [-0.25, -0.2) is 0 Å². The summed E-state index contributed by atoms with van der Waals surface area (Å²) < 4.78 is 4.95. The van der Waals surface area contributed by atoms with Crippen molar-refractivity contribution in [1.82, 2.24) is 0 Å². The average Bonchev–Trinajstić information content (AvgIpc) is 2.38. The van der Waals surface area contributed by atoms with Gasteiger partial charge in [-0.3, -0.25) is 4.79 Å². The second-order valence-electron chi connectivity index (χ2n) is 4.31. The maximum Gasteiger partial charge on any atom is 0.309 e. The zero-order valence-corrected chi connectivity index (χ0v) is 11.1. The van der Waals surface area contributed by atoms with Crippen molar-refractivity contribution in [2.24, 2.45) is 11.8 Å². The highest BCUT2D eigenvalue weighted by Gasteiger charge is 2.24. The number of carbonyl (C=O) groups is 1. The molecule has 98 valence electrons. The van der Waals surface area contributed by atoms with Crippen molar-refractivity contribution in [3.8, 4) is 0 Å². The third-order valence-corrected chi connectivity index (χ3v) is 2.99. The van der Waals surface area contributed by atoms with E-state index in [4.69, 9.17) is 4.74 Å². The number of ether oxygens (including phenoxy) is 1. The van der Waals surface area contributed by atoms with Crippen LogP contribution in [-0.2, 0) is 9.53 Å². The highest BCUT2D eigenvalue weighted by atomic mass is 16.5. The Kier molecular flexibility index (Phi) is 5.43. The van der Waals surface area contributed by atoms with Gasteiger partial charge in [0.05, 0.1) is 18.3 Å². The topological polar surface area (TPSA) is 46.5 Å². The predicted molar refractivity (Wildman–Crippen MR) is 72.0 cm³/mol. The van der Waals surface area contributed by atoms with E-state index in [0.717, 1.165) is 5.56 Å². The highest BCUT2D eigenvalue weighted by molar-refractivity contribution is 5.73. The molecule has 0 fully saturated rings. The molecule has 1 aromatic rings. The quantitative estimate of drug-likeness (QED) is 0.641. The Hall–Kier alpha value is -1.77. The Morgan fingerprint density at radius 1 is 1.28 bits per heavy atom. The van der Waals surface area contributed by atoms with Crippen LogP contribution in [0.5, 0.6) is 0 Å². The molecule has 18 heavy (non-hydrogen) atoms. The van der Waals surface area contributed by atoms with Gasteiger partial charge in [-0.2, -0.15) is 0 Å². The summed E-state index contributed by atoms with van der Waals surface area (Å²) in [4.78, 5) is 11.6. The van der Waals surface area contributed by atoms with Gasteiger partial charge in [0.1, 0.15) is 0 Å². The molecule has 0 bridgehead atoms. The largest absolute Gasteiger partial charge is 0.512 e. The van der Waals surface area contributed by atoms with Gasteiger partial charge in [0.2, 0.25) is 0 Å². The van der Waals surface area contributed by atoms with Gasteiger partial charge in [0, 0.05) is 5.92 Å². The van der Waals surface area contributed by atoms with Crippen molar-refractivity contribution in [2.45, 2.75) is 20.8 Å². The van der Waals surface area contributed by atoms with E-state index < -0.39 is 0 Å². The summed E-state index contributed by atoms with van der Waals surface area (Å²) in [5.41, 5.74) is 0.915. The summed E-state index contributed by atoms with van der Waals surface area (Å²) in [7, 11) is 0. The molecule has 0 aromatic heterocycles. The molecule has 1 N–H and O–H groups in total. The zero-order valence-electron chi connectivity index (χ0n) is 11.1. The summed E-state index contributed by atoms with van der Waals surface area (Å²) in [6, 6.07) is 9.52. The maximum absolute atomic E-state index is 11.6. The number of rotatable bonds is 5. The molecule has 0 radical (unpaired) electrons.